The Balaban J connectivity index is 0.00000312. The first-order valence-electron chi connectivity index (χ1n) is 8.59. The van der Waals surface area contributed by atoms with Crippen LogP contribution >= 0.6 is 35.3 Å². The average molecular weight is 483 g/mol. The van der Waals surface area contributed by atoms with Gasteiger partial charge in [-0.3, -0.25) is 0 Å². The van der Waals surface area contributed by atoms with Crippen LogP contribution in [0.25, 0.3) is 0 Å². The van der Waals surface area contributed by atoms with Crippen molar-refractivity contribution >= 4 is 41.3 Å². The number of nitrogens with one attached hydrogen (secondary N) is 2. The van der Waals surface area contributed by atoms with Gasteiger partial charge in [-0.1, -0.05) is 6.07 Å². The van der Waals surface area contributed by atoms with Crippen molar-refractivity contribution in [2.75, 3.05) is 39.5 Å². The molecule has 2 rings (SSSR count). The van der Waals surface area contributed by atoms with Crippen molar-refractivity contribution in [1.82, 2.24) is 10.6 Å². The van der Waals surface area contributed by atoms with Crippen LogP contribution in [0.3, 0.4) is 0 Å². The minimum atomic E-state index is -0.952. The minimum absolute atomic E-state index is 0. The lowest BCUT2D eigenvalue weighted by molar-refractivity contribution is 0.0191. The SMILES string of the molecule is CCNC(=NCC(C)(O)c1cccs1)NCCOCC1CCCO1.I. The summed E-state index contributed by atoms with van der Waals surface area (Å²) in [5.41, 5.74) is -0.952. The van der Waals surface area contributed by atoms with Gasteiger partial charge in [-0.25, -0.2) is 4.99 Å². The summed E-state index contributed by atoms with van der Waals surface area (Å²) in [5, 5.41) is 18.9. The fourth-order valence-electron chi connectivity index (χ4n) is 2.47. The van der Waals surface area contributed by atoms with E-state index in [0.29, 0.717) is 32.3 Å². The maximum atomic E-state index is 10.5. The molecule has 2 atom stereocenters. The zero-order valence-electron chi connectivity index (χ0n) is 15.0. The molecule has 0 amide bonds. The molecule has 0 saturated carbocycles. The van der Waals surface area contributed by atoms with Gasteiger partial charge in [0.2, 0.25) is 0 Å². The maximum Gasteiger partial charge on any atom is 0.191 e. The molecule has 8 heteroatoms. The predicted octanol–water partition coefficient (Wildman–Crippen LogP) is 2.32. The van der Waals surface area contributed by atoms with E-state index in [0.717, 1.165) is 30.9 Å². The molecule has 2 heterocycles. The first kappa shape index (κ1) is 22.6. The summed E-state index contributed by atoms with van der Waals surface area (Å²) in [6.45, 7) is 7.66. The number of hydrogen-bond acceptors (Lipinski definition) is 5. The lowest BCUT2D eigenvalue weighted by Gasteiger charge is -2.20. The van der Waals surface area contributed by atoms with Crippen molar-refractivity contribution in [3.8, 4) is 0 Å². The van der Waals surface area contributed by atoms with Crippen LogP contribution in [0.4, 0.5) is 0 Å². The Labute approximate surface area is 171 Å². The predicted molar refractivity (Wildman–Crippen MR) is 113 cm³/mol. The van der Waals surface area contributed by atoms with E-state index in [-0.39, 0.29) is 30.1 Å². The number of halogens is 1. The normalized spacial score (nSPS) is 20.0. The second-order valence-electron chi connectivity index (χ2n) is 6.08. The number of hydrogen-bond donors (Lipinski definition) is 3. The lowest BCUT2D eigenvalue weighted by Crippen LogP contribution is -2.40. The summed E-state index contributed by atoms with van der Waals surface area (Å²) >= 11 is 1.54. The van der Waals surface area contributed by atoms with Gasteiger partial charge in [-0.05, 0) is 38.1 Å². The van der Waals surface area contributed by atoms with Crippen LogP contribution < -0.4 is 10.6 Å². The van der Waals surface area contributed by atoms with E-state index in [4.69, 9.17) is 9.47 Å². The summed E-state index contributed by atoms with van der Waals surface area (Å²) in [6, 6.07) is 3.87. The number of aliphatic imine (C=N–C) groups is 1. The maximum absolute atomic E-state index is 10.5. The quantitative estimate of drug-likeness (QED) is 0.218. The van der Waals surface area contributed by atoms with E-state index >= 15 is 0 Å². The molecule has 3 N–H and O–H groups in total. The third-order valence-electron chi connectivity index (χ3n) is 3.81. The smallest absolute Gasteiger partial charge is 0.191 e. The van der Waals surface area contributed by atoms with Gasteiger partial charge >= 0.3 is 0 Å². The van der Waals surface area contributed by atoms with Gasteiger partial charge in [-0.2, -0.15) is 0 Å². The molecule has 0 aromatic carbocycles. The highest BCUT2D eigenvalue weighted by Gasteiger charge is 2.24. The van der Waals surface area contributed by atoms with Crippen molar-refractivity contribution in [1.29, 1.82) is 0 Å². The Hall–Kier alpha value is -0.420. The van der Waals surface area contributed by atoms with Crippen molar-refractivity contribution in [3.05, 3.63) is 22.4 Å². The third kappa shape index (κ3) is 8.21. The Bertz CT molecular complexity index is 491. The Morgan fingerprint density at radius 3 is 3.00 bits per heavy atom. The van der Waals surface area contributed by atoms with Crippen molar-refractivity contribution in [2.24, 2.45) is 4.99 Å². The number of thiophene rings is 1. The number of ether oxygens (including phenoxy) is 2. The molecule has 144 valence electrons. The van der Waals surface area contributed by atoms with Crippen molar-refractivity contribution in [3.63, 3.8) is 0 Å². The van der Waals surface area contributed by atoms with Gasteiger partial charge in [0.15, 0.2) is 5.96 Å². The molecule has 1 saturated heterocycles. The molecule has 25 heavy (non-hydrogen) atoms. The highest BCUT2D eigenvalue weighted by molar-refractivity contribution is 14.0. The van der Waals surface area contributed by atoms with E-state index in [9.17, 15) is 5.11 Å². The fourth-order valence-corrected chi connectivity index (χ4v) is 3.25. The zero-order valence-corrected chi connectivity index (χ0v) is 18.1. The molecule has 1 aromatic rings. The van der Waals surface area contributed by atoms with E-state index in [1.807, 2.05) is 24.4 Å². The number of rotatable bonds is 9. The molecule has 6 nitrogen and oxygen atoms in total. The van der Waals surface area contributed by atoms with Crippen LogP contribution in [0.1, 0.15) is 31.6 Å². The second-order valence-corrected chi connectivity index (χ2v) is 7.03. The molecule has 0 bridgehead atoms. The van der Waals surface area contributed by atoms with Crippen LogP contribution in [0, 0.1) is 0 Å². The highest BCUT2D eigenvalue weighted by Crippen LogP contribution is 2.25. The molecule has 1 fully saturated rings. The van der Waals surface area contributed by atoms with Crippen LogP contribution in [-0.4, -0.2) is 56.6 Å². The van der Waals surface area contributed by atoms with Crippen LogP contribution in [0.2, 0.25) is 0 Å². The van der Waals surface area contributed by atoms with Crippen LogP contribution in [0.5, 0.6) is 0 Å². The average Bonchev–Trinajstić information content (AvgIpc) is 3.25. The summed E-state index contributed by atoms with van der Waals surface area (Å²) in [7, 11) is 0. The van der Waals surface area contributed by atoms with Crippen molar-refractivity contribution < 1.29 is 14.6 Å². The minimum Gasteiger partial charge on any atom is -0.383 e. The van der Waals surface area contributed by atoms with Gasteiger partial charge in [-0.15, -0.1) is 35.3 Å². The standard InChI is InChI=1S/C17H29N3O3S.HI/c1-3-18-16(19-8-10-22-12-14-6-4-9-23-14)20-13-17(2,21)15-7-5-11-24-15;/h5,7,11,14,21H,3-4,6,8-10,12-13H2,1-2H3,(H2,18,19,20);1H. The van der Waals surface area contributed by atoms with E-state index in [2.05, 4.69) is 15.6 Å². The van der Waals surface area contributed by atoms with Gasteiger partial charge < -0.3 is 25.2 Å². The Kier molecular flexibility index (Phi) is 10.9. The summed E-state index contributed by atoms with van der Waals surface area (Å²) in [6.07, 6.45) is 2.48. The number of nitrogens with zero attached hydrogens (tertiary/aromatic N) is 1. The van der Waals surface area contributed by atoms with Gasteiger partial charge in [0.05, 0.1) is 25.9 Å². The first-order chi connectivity index (χ1) is 11.6. The summed E-state index contributed by atoms with van der Waals surface area (Å²) < 4.78 is 11.2. The molecule has 0 aliphatic carbocycles. The molecular weight excluding hydrogens is 453 g/mol. The molecule has 0 radical (unpaired) electrons. The van der Waals surface area contributed by atoms with Gasteiger partial charge in [0.1, 0.15) is 5.60 Å². The van der Waals surface area contributed by atoms with Gasteiger partial charge in [0, 0.05) is 24.6 Å². The third-order valence-corrected chi connectivity index (χ3v) is 4.93. The fraction of sp³-hybridized carbons (Fsp3) is 0.706. The highest BCUT2D eigenvalue weighted by atomic mass is 127. The van der Waals surface area contributed by atoms with Gasteiger partial charge in [0.25, 0.3) is 0 Å². The summed E-state index contributed by atoms with van der Waals surface area (Å²) in [4.78, 5) is 5.41. The molecule has 2 unspecified atom stereocenters. The number of guanidine groups is 1. The van der Waals surface area contributed by atoms with Crippen LogP contribution in [0.15, 0.2) is 22.5 Å². The number of aliphatic hydroxyl groups is 1. The molecule has 1 aliphatic heterocycles. The molecular formula is C17H30IN3O3S. The van der Waals surface area contributed by atoms with E-state index < -0.39 is 5.60 Å². The lowest BCUT2D eigenvalue weighted by atomic mass is 10.1. The zero-order chi connectivity index (χ0) is 17.3. The molecule has 1 aromatic heterocycles. The monoisotopic (exact) mass is 483 g/mol. The van der Waals surface area contributed by atoms with Crippen molar-refractivity contribution in [2.45, 2.75) is 38.4 Å². The Morgan fingerprint density at radius 1 is 1.52 bits per heavy atom. The molecule has 0 spiro atoms. The van der Waals surface area contributed by atoms with E-state index in [1.54, 1.807) is 6.92 Å². The topological polar surface area (TPSA) is 75.1 Å². The summed E-state index contributed by atoms with van der Waals surface area (Å²) in [5.74, 6) is 0.690. The second kappa shape index (κ2) is 12.1. The Morgan fingerprint density at radius 2 is 2.36 bits per heavy atom. The largest absolute Gasteiger partial charge is 0.383 e. The first-order valence-corrected chi connectivity index (χ1v) is 9.47. The molecule has 1 aliphatic rings. The van der Waals surface area contributed by atoms with E-state index in [1.165, 1.54) is 11.3 Å². The van der Waals surface area contributed by atoms with Crippen LogP contribution in [-0.2, 0) is 15.1 Å².